The lowest BCUT2D eigenvalue weighted by Crippen LogP contribution is -2.40. The second-order valence-electron chi connectivity index (χ2n) is 5.68. The molecule has 8 heteroatoms. The number of nitrogens with one attached hydrogen (secondary N) is 1. The summed E-state index contributed by atoms with van der Waals surface area (Å²) in [4.78, 5) is 12.1. The van der Waals surface area contributed by atoms with Crippen molar-refractivity contribution in [1.29, 1.82) is 0 Å². The molecule has 1 aromatic rings. The van der Waals surface area contributed by atoms with Crippen LogP contribution < -0.4 is 19.1 Å². The van der Waals surface area contributed by atoms with E-state index in [2.05, 4.69) is 5.32 Å². The standard InChI is InChI=1S/C17H28N2O5S/c1-6-13(7-2)17(20)18-10-11-19(25(5,21)22)15-9-8-14(23-3)12-16(15)24-4/h8-9,12-13H,6-7,10-11H2,1-5H3,(H,18,20). The average Bonchev–Trinajstić information content (AvgIpc) is 2.58. The number of sulfonamides is 1. The first-order valence-corrected chi connectivity index (χ1v) is 10.1. The average molecular weight is 372 g/mol. The molecule has 0 unspecified atom stereocenters. The second-order valence-corrected chi connectivity index (χ2v) is 7.58. The lowest BCUT2D eigenvalue weighted by molar-refractivity contribution is -0.125. The van der Waals surface area contributed by atoms with Crippen molar-refractivity contribution in [2.75, 3.05) is 37.9 Å². The Morgan fingerprint density at radius 3 is 2.32 bits per heavy atom. The summed E-state index contributed by atoms with van der Waals surface area (Å²) < 4.78 is 36.1. The summed E-state index contributed by atoms with van der Waals surface area (Å²) in [7, 11) is -0.548. The van der Waals surface area contributed by atoms with Crippen LogP contribution in [0.1, 0.15) is 26.7 Å². The van der Waals surface area contributed by atoms with E-state index in [1.54, 1.807) is 18.2 Å². The molecule has 0 heterocycles. The fourth-order valence-corrected chi connectivity index (χ4v) is 3.47. The molecule has 0 atom stereocenters. The summed E-state index contributed by atoms with van der Waals surface area (Å²) in [5.74, 6) is 0.842. The van der Waals surface area contributed by atoms with Crippen molar-refractivity contribution in [3.63, 3.8) is 0 Å². The number of hydrogen-bond acceptors (Lipinski definition) is 5. The molecule has 0 bridgehead atoms. The zero-order chi connectivity index (χ0) is 19.0. The molecule has 7 nitrogen and oxygen atoms in total. The van der Waals surface area contributed by atoms with E-state index in [4.69, 9.17) is 9.47 Å². The number of rotatable bonds is 10. The van der Waals surface area contributed by atoms with Crippen LogP contribution >= 0.6 is 0 Å². The first kappa shape index (κ1) is 21.1. The van der Waals surface area contributed by atoms with Gasteiger partial charge >= 0.3 is 0 Å². The zero-order valence-corrected chi connectivity index (χ0v) is 16.4. The predicted molar refractivity (Wildman–Crippen MR) is 98.8 cm³/mol. The van der Waals surface area contributed by atoms with Crippen molar-refractivity contribution in [3.05, 3.63) is 18.2 Å². The van der Waals surface area contributed by atoms with E-state index < -0.39 is 10.0 Å². The molecule has 0 saturated carbocycles. The minimum atomic E-state index is -3.54. The van der Waals surface area contributed by atoms with Gasteiger partial charge in [-0.15, -0.1) is 0 Å². The van der Waals surface area contributed by atoms with Crippen LogP contribution in [0, 0.1) is 5.92 Å². The molecule has 0 radical (unpaired) electrons. The van der Waals surface area contributed by atoms with Gasteiger partial charge in [-0.1, -0.05) is 13.8 Å². The summed E-state index contributed by atoms with van der Waals surface area (Å²) in [6.07, 6.45) is 2.63. The van der Waals surface area contributed by atoms with E-state index in [0.29, 0.717) is 17.2 Å². The van der Waals surface area contributed by atoms with Crippen molar-refractivity contribution >= 4 is 21.6 Å². The molecule has 0 saturated heterocycles. The van der Waals surface area contributed by atoms with E-state index in [0.717, 1.165) is 19.1 Å². The summed E-state index contributed by atoms with van der Waals surface area (Å²) >= 11 is 0. The number of carbonyl (C=O) groups excluding carboxylic acids is 1. The van der Waals surface area contributed by atoms with Crippen LogP contribution in [0.4, 0.5) is 5.69 Å². The van der Waals surface area contributed by atoms with Crippen LogP contribution in [-0.2, 0) is 14.8 Å². The number of ether oxygens (including phenoxy) is 2. The van der Waals surface area contributed by atoms with Gasteiger partial charge in [-0.25, -0.2) is 8.42 Å². The Morgan fingerprint density at radius 1 is 1.20 bits per heavy atom. The SMILES string of the molecule is CCC(CC)C(=O)NCCN(c1ccc(OC)cc1OC)S(C)(=O)=O. The topological polar surface area (TPSA) is 84.9 Å². The quantitative estimate of drug-likeness (QED) is 0.679. The third kappa shape index (κ3) is 5.81. The highest BCUT2D eigenvalue weighted by Gasteiger charge is 2.22. The van der Waals surface area contributed by atoms with Gasteiger partial charge in [-0.2, -0.15) is 0 Å². The molecule has 1 aromatic carbocycles. The highest BCUT2D eigenvalue weighted by atomic mass is 32.2. The Morgan fingerprint density at radius 2 is 1.84 bits per heavy atom. The van der Waals surface area contributed by atoms with Crippen LogP contribution in [-0.4, -0.2) is 47.9 Å². The molecule has 25 heavy (non-hydrogen) atoms. The molecule has 0 fully saturated rings. The highest BCUT2D eigenvalue weighted by Crippen LogP contribution is 2.33. The van der Waals surface area contributed by atoms with Crippen LogP contribution in [0.2, 0.25) is 0 Å². The fourth-order valence-electron chi connectivity index (χ4n) is 2.54. The van der Waals surface area contributed by atoms with Crippen LogP contribution in [0.15, 0.2) is 18.2 Å². The largest absolute Gasteiger partial charge is 0.497 e. The Hall–Kier alpha value is -1.96. The Kier molecular flexibility index (Phi) is 8.02. The maximum absolute atomic E-state index is 12.2. The molecule has 142 valence electrons. The van der Waals surface area contributed by atoms with E-state index in [9.17, 15) is 13.2 Å². The van der Waals surface area contributed by atoms with Gasteiger partial charge in [0.05, 0.1) is 32.7 Å². The fraction of sp³-hybridized carbons (Fsp3) is 0.588. The Bertz CT molecular complexity index is 672. The molecule has 0 aliphatic rings. The summed E-state index contributed by atoms with van der Waals surface area (Å²) in [6, 6.07) is 4.91. The van der Waals surface area contributed by atoms with E-state index in [1.165, 1.54) is 18.5 Å². The molecule has 1 rings (SSSR count). The Labute approximate surface area is 150 Å². The van der Waals surface area contributed by atoms with Crippen LogP contribution in [0.25, 0.3) is 0 Å². The highest BCUT2D eigenvalue weighted by molar-refractivity contribution is 7.92. The van der Waals surface area contributed by atoms with Gasteiger partial charge in [-0.3, -0.25) is 9.10 Å². The molecule has 1 N–H and O–H groups in total. The summed E-state index contributed by atoms with van der Waals surface area (Å²) in [6.45, 7) is 4.25. The second kappa shape index (κ2) is 9.50. The first-order valence-electron chi connectivity index (χ1n) is 8.25. The van der Waals surface area contributed by atoms with Crippen molar-refractivity contribution in [2.45, 2.75) is 26.7 Å². The van der Waals surface area contributed by atoms with Gasteiger partial charge in [-0.05, 0) is 25.0 Å². The molecule has 0 aliphatic carbocycles. The zero-order valence-electron chi connectivity index (χ0n) is 15.5. The van der Waals surface area contributed by atoms with E-state index in [1.807, 2.05) is 13.8 Å². The number of methoxy groups -OCH3 is 2. The minimum absolute atomic E-state index is 0.0535. The molecule has 0 spiro atoms. The lowest BCUT2D eigenvalue weighted by Gasteiger charge is -2.25. The van der Waals surface area contributed by atoms with E-state index in [-0.39, 0.29) is 24.9 Å². The minimum Gasteiger partial charge on any atom is -0.497 e. The maximum Gasteiger partial charge on any atom is 0.232 e. The molecular weight excluding hydrogens is 344 g/mol. The smallest absolute Gasteiger partial charge is 0.232 e. The van der Waals surface area contributed by atoms with Crippen molar-refractivity contribution in [2.24, 2.45) is 5.92 Å². The van der Waals surface area contributed by atoms with Gasteiger partial charge in [0.2, 0.25) is 15.9 Å². The van der Waals surface area contributed by atoms with Crippen molar-refractivity contribution < 1.29 is 22.7 Å². The maximum atomic E-state index is 12.2. The third-order valence-corrected chi connectivity index (χ3v) is 5.21. The summed E-state index contributed by atoms with van der Waals surface area (Å²) in [5.41, 5.74) is 0.405. The normalized spacial score (nSPS) is 11.3. The van der Waals surface area contributed by atoms with Gasteiger partial charge in [0.1, 0.15) is 11.5 Å². The molecule has 0 aromatic heterocycles. The number of hydrogen-bond donors (Lipinski definition) is 1. The molecule has 0 aliphatic heterocycles. The predicted octanol–water partition coefficient (Wildman–Crippen LogP) is 2.02. The monoisotopic (exact) mass is 372 g/mol. The van der Waals surface area contributed by atoms with Crippen molar-refractivity contribution in [3.8, 4) is 11.5 Å². The Balaban J connectivity index is 2.95. The number of amides is 1. The molecule has 1 amide bonds. The van der Waals surface area contributed by atoms with Gasteiger partial charge in [0.25, 0.3) is 0 Å². The van der Waals surface area contributed by atoms with Gasteiger partial charge in [0.15, 0.2) is 0 Å². The number of benzene rings is 1. The molecular formula is C17H28N2O5S. The van der Waals surface area contributed by atoms with Crippen molar-refractivity contribution in [1.82, 2.24) is 5.32 Å². The van der Waals surface area contributed by atoms with Crippen LogP contribution in [0.5, 0.6) is 11.5 Å². The first-order chi connectivity index (χ1) is 11.8. The van der Waals surface area contributed by atoms with Crippen LogP contribution in [0.3, 0.4) is 0 Å². The number of nitrogens with zero attached hydrogens (tertiary/aromatic N) is 1. The summed E-state index contributed by atoms with van der Waals surface area (Å²) in [5, 5.41) is 2.81. The van der Waals surface area contributed by atoms with Gasteiger partial charge < -0.3 is 14.8 Å². The van der Waals surface area contributed by atoms with Gasteiger partial charge in [0, 0.05) is 18.5 Å². The number of carbonyl (C=O) groups is 1. The van der Waals surface area contributed by atoms with E-state index >= 15 is 0 Å². The number of anilines is 1. The lowest BCUT2D eigenvalue weighted by atomic mass is 10.0. The third-order valence-electron chi connectivity index (χ3n) is 4.03.